The van der Waals surface area contributed by atoms with Gasteiger partial charge in [0.25, 0.3) is 0 Å². The van der Waals surface area contributed by atoms with Crippen LogP contribution >= 0.6 is 0 Å². The first-order valence-electron chi connectivity index (χ1n) is 8.63. The van der Waals surface area contributed by atoms with Crippen molar-refractivity contribution in [1.29, 1.82) is 5.26 Å². The lowest BCUT2D eigenvalue weighted by Gasteiger charge is -2.18. The normalized spacial score (nSPS) is 11.3. The maximum atomic E-state index is 9.30. The maximum absolute atomic E-state index is 9.30. The van der Waals surface area contributed by atoms with Crippen molar-refractivity contribution < 1.29 is 0 Å². The van der Waals surface area contributed by atoms with Gasteiger partial charge in [-0.3, -0.25) is 4.98 Å². The Morgan fingerprint density at radius 2 is 1.85 bits per heavy atom. The van der Waals surface area contributed by atoms with E-state index in [1.165, 1.54) is 0 Å². The number of nitrogens with zero attached hydrogens (tertiary/aromatic N) is 3. The van der Waals surface area contributed by atoms with Crippen LogP contribution in [0.5, 0.6) is 0 Å². The van der Waals surface area contributed by atoms with Gasteiger partial charge in [-0.15, -0.1) is 0 Å². The first kappa shape index (κ1) is 17.8. The van der Waals surface area contributed by atoms with E-state index in [0.29, 0.717) is 6.54 Å². The molecule has 0 aliphatic rings. The Bertz CT molecular complexity index is 968. The molecule has 132 valence electrons. The highest BCUT2D eigenvalue weighted by Crippen LogP contribution is 2.29. The van der Waals surface area contributed by atoms with Crippen molar-refractivity contribution in [2.75, 3.05) is 12.4 Å². The fourth-order valence-corrected chi connectivity index (χ4v) is 2.84. The number of anilines is 2. The summed E-state index contributed by atoms with van der Waals surface area (Å²) in [7, 11) is 1.91. The van der Waals surface area contributed by atoms with Crippen LogP contribution in [-0.2, 0) is 12.0 Å². The van der Waals surface area contributed by atoms with Crippen LogP contribution in [-0.4, -0.2) is 17.0 Å². The molecule has 0 amide bonds. The van der Waals surface area contributed by atoms with Crippen molar-refractivity contribution in [3.05, 3.63) is 59.4 Å². The molecule has 0 radical (unpaired) electrons. The minimum atomic E-state index is -0.502. The molecule has 0 bridgehead atoms. The van der Waals surface area contributed by atoms with E-state index >= 15 is 0 Å². The molecule has 0 aliphatic heterocycles. The van der Waals surface area contributed by atoms with Gasteiger partial charge in [0.15, 0.2) is 0 Å². The SMILES string of the molecule is CNCc1cnc2ccc(C)nc2c1Nc1ccc(C(C)(C)C#N)cc1. The highest BCUT2D eigenvalue weighted by Gasteiger charge is 2.19. The lowest BCUT2D eigenvalue weighted by molar-refractivity contribution is 0.687. The van der Waals surface area contributed by atoms with E-state index < -0.39 is 5.41 Å². The van der Waals surface area contributed by atoms with Crippen molar-refractivity contribution in [3.8, 4) is 6.07 Å². The number of fused-ring (bicyclic) bond motifs is 1. The molecular weight excluding hydrogens is 322 g/mol. The van der Waals surface area contributed by atoms with Crippen LogP contribution in [0, 0.1) is 18.3 Å². The third-order valence-corrected chi connectivity index (χ3v) is 4.45. The number of hydrogen-bond donors (Lipinski definition) is 2. The summed E-state index contributed by atoms with van der Waals surface area (Å²) in [5.74, 6) is 0. The van der Waals surface area contributed by atoms with Crippen molar-refractivity contribution in [2.24, 2.45) is 0 Å². The van der Waals surface area contributed by atoms with Crippen LogP contribution in [0.1, 0.15) is 30.7 Å². The topological polar surface area (TPSA) is 73.6 Å². The molecule has 3 aromatic rings. The highest BCUT2D eigenvalue weighted by atomic mass is 14.9. The Hall–Kier alpha value is -2.97. The number of rotatable bonds is 5. The molecule has 0 aliphatic carbocycles. The summed E-state index contributed by atoms with van der Waals surface area (Å²) >= 11 is 0. The first-order chi connectivity index (χ1) is 12.4. The second-order valence-electron chi connectivity index (χ2n) is 6.95. The Kier molecular flexibility index (Phi) is 4.88. The zero-order chi connectivity index (χ0) is 18.7. The van der Waals surface area contributed by atoms with Crippen molar-refractivity contribution in [1.82, 2.24) is 15.3 Å². The summed E-state index contributed by atoms with van der Waals surface area (Å²) in [6.45, 7) is 6.51. The van der Waals surface area contributed by atoms with Crippen LogP contribution in [0.15, 0.2) is 42.6 Å². The van der Waals surface area contributed by atoms with E-state index in [-0.39, 0.29) is 0 Å². The van der Waals surface area contributed by atoms with E-state index in [2.05, 4.69) is 26.7 Å². The van der Waals surface area contributed by atoms with Crippen LogP contribution in [0.2, 0.25) is 0 Å². The number of aryl methyl sites for hydroxylation is 1. The zero-order valence-corrected chi connectivity index (χ0v) is 15.6. The van der Waals surface area contributed by atoms with Gasteiger partial charge in [0.2, 0.25) is 0 Å². The van der Waals surface area contributed by atoms with Gasteiger partial charge in [0.1, 0.15) is 5.52 Å². The number of hydrogen-bond acceptors (Lipinski definition) is 5. The van der Waals surface area contributed by atoms with Crippen molar-refractivity contribution in [2.45, 2.75) is 32.7 Å². The third kappa shape index (κ3) is 3.51. The molecule has 2 aromatic heterocycles. The first-order valence-corrected chi connectivity index (χ1v) is 8.63. The molecule has 5 nitrogen and oxygen atoms in total. The fourth-order valence-electron chi connectivity index (χ4n) is 2.84. The van der Waals surface area contributed by atoms with Crippen LogP contribution < -0.4 is 10.6 Å². The van der Waals surface area contributed by atoms with Gasteiger partial charge in [-0.2, -0.15) is 5.26 Å². The number of nitrogens with one attached hydrogen (secondary N) is 2. The van der Waals surface area contributed by atoms with Crippen LogP contribution in [0.3, 0.4) is 0 Å². The molecule has 2 N–H and O–H groups in total. The summed E-state index contributed by atoms with van der Waals surface area (Å²) < 4.78 is 0. The molecule has 2 heterocycles. The predicted molar refractivity (Wildman–Crippen MR) is 105 cm³/mol. The third-order valence-electron chi connectivity index (χ3n) is 4.45. The molecular formula is C21H23N5. The Morgan fingerprint density at radius 3 is 2.50 bits per heavy atom. The van der Waals surface area contributed by atoms with E-state index in [0.717, 1.165) is 39.2 Å². The van der Waals surface area contributed by atoms with Gasteiger partial charge >= 0.3 is 0 Å². The molecule has 3 rings (SSSR count). The maximum Gasteiger partial charge on any atom is 0.113 e. The van der Waals surface area contributed by atoms with E-state index in [9.17, 15) is 5.26 Å². The van der Waals surface area contributed by atoms with Crippen LogP contribution in [0.25, 0.3) is 11.0 Å². The summed E-state index contributed by atoms with van der Waals surface area (Å²) in [4.78, 5) is 9.21. The zero-order valence-electron chi connectivity index (χ0n) is 15.6. The van der Waals surface area contributed by atoms with E-state index in [1.807, 2.05) is 70.4 Å². The second kappa shape index (κ2) is 7.11. The molecule has 0 saturated heterocycles. The number of nitriles is 1. The molecule has 5 heteroatoms. The second-order valence-corrected chi connectivity index (χ2v) is 6.95. The highest BCUT2D eigenvalue weighted by molar-refractivity contribution is 5.91. The summed E-state index contributed by atoms with van der Waals surface area (Å²) in [5.41, 5.74) is 6.14. The molecule has 1 aromatic carbocycles. The Labute approximate surface area is 154 Å². The molecule has 0 atom stereocenters. The fraction of sp³-hybridized carbons (Fsp3) is 0.286. The van der Waals surface area contributed by atoms with Gasteiger partial charge in [-0.05, 0) is 57.6 Å². The van der Waals surface area contributed by atoms with Gasteiger partial charge in [0, 0.05) is 29.7 Å². The lowest BCUT2D eigenvalue weighted by Crippen LogP contribution is -2.13. The standard InChI is InChI=1S/C21H23N5/c1-14-5-10-18-20(25-14)19(15(11-23-4)12-24-18)26-17-8-6-16(7-9-17)21(2,3)13-22/h5-10,12,23H,11H2,1-4H3,(H,24,26). The van der Waals surface area contributed by atoms with Gasteiger partial charge in [-0.1, -0.05) is 12.1 Å². The summed E-state index contributed by atoms with van der Waals surface area (Å²) in [5, 5.41) is 16.0. The van der Waals surface area contributed by atoms with Gasteiger partial charge in [0.05, 0.1) is 22.7 Å². The van der Waals surface area contributed by atoms with E-state index in [1.54, 1.807) is 0 Å². The molecule has 0 spiro atoms. The monoisotopic (exact) mass is 345 g/mol. The van der Waals surface area contributed by atoms with Crippen molar-refractivity contribution in [3.63, 3.8) is 0 Å². The smallest absolute Gasteiger partial charge is 0.113 e. The number of benzene rings is 1. The van der Waals surface area contributed by atoms with E-state index in [4.69, 9.17) is 0 Å². The molecule has 0 saturated carbocycles. The number of pyridine rings is 2. The predicted octanol–water partition coefficient (Wildman–Crippen LogP) is 4.20. The summed E-state index contributed by atoms with van der Waals surface area (Å²) in [6, 6.07) is 14.3. The largest absolute Gasteiger partial charge is 0.353 e. The number of aromatic nitrogens is 2. The van der Waals surface area contributed by atoms with Gasteiger partial charge in [-0.25, -0.2) is 4.98 Å². The van der Waals surface area contributed by atoms with Crippen molar-refractivity contribution >= 4 is 22.4 Å². The quantitative estimate of drug-likeness (QED) is 0.725. The van der Waals surface area contributed by atoms with Gasteiger partial charge < -0.3 is 10.6 Å². The Balaban J connectivity index is 2.03. The molecule has 26 heavy (non-hydrogen) atoms. The minimum absolute atomic E-state index is 0.502. The molecule has 0 fully saturated rings. The Morgan fingerprint density at radius 1 is 1.12 bits per heavy atom. The van der Waals surface area contributed by atoms with Crippen LogP contribution in [0.4, 0.5) is 11.4 Å². The lowest BCUT2D eigenvalue weighted by atomic mass is 9.86. The summed E-state index contributed by atoms with van der Waals surface area (Å²) in [6.07, 6.45) is 1.88. The average molecular weight is 345 g/mol. The molecule has 0 unspecified atom stereocenters. The minimum Gasteiger partial charge on any atom is -0.353 e. The average Bonchev–Trinajstić information content (AvgIpc) is 2.64.